The molecule has 0 saturated heterocycles. The van der Waals surface area contributed by atoms with Crippen molar-refractivity contribution in [2.75, 3.05) is 7.11 Å². The first-order valence-corrected chi connectivity index (χ1v) is 9.69. The van der Waals surface area contributed by atoms with Crippen LogP contribution in [0, 0.1) is 12.7 Å². The number of halogens is 6. The van der Waals surface area contributed by atoms with Crippen molar-refractivity contribution < 1.29 is 32.0 Å². The molecule has 32 heavy (non-hydrogen) atoms. The molecule has 1 heterocycles. The summed E-state index contributed by atoms with van der Waals surface area (Å²) in [6, 6.07) is 6.00. The highest BCUT2D eigenvalue weighted by Crippen LogP contribution is 2.50. The SMILES string of the molecule is CON=CNC(=O)c1ccc(C2=NO[C@@](c3cc(Cl)c(F)c(Cl)c3)(C(F)(F)F)C2)cc1C. The first-order chi connectivity index (χ1) is 15.0. The molecule has 12 heteroatoms. The van der Waals surface area contributed by atoms with Crippen LogP contribution in [-0.2, 0) is 15.3 Å². The van der Waals surface area contributed by atoms with Crippen LogP contribution in [0.25, 0.3) is 0 Å². The summed E-state index contributed by atoms with van der Waals surface area (Å²) in [5.41, 5.74) is -2.33. The van der Waals surface area contributed by atoms with Gasteiger partial charge in [0, 0.05) is 17.5 Å². The number of nitrogens with zero attached hydrogens (tertiary/aromatic N) is 2. The maximum absolute atomic E-state index is 14.1. The van der Waals surface area contributed by atoms with Crippen molar-refractivity contribution in [3.63, 3.8) is 0 Å². The van der Waals surface area contributed by atoms with E-state index in [4.69, 9.17) is 28.0 Å². The second-order valence-electron chi connectivity index (χ2n) is 6.80. The molecule has 0 radical (unpaired) electrons. The quantitative estimate of drug-likeness (QED) is 0.201. The van der Waals surface area contributed by atoms with Crippen LogP contribution in [0.1, 0.15) is 33.5 Å². The lowest BCUT2D eigenvalue weighted by molar-refractivity contribution is -0.275. The Hall–Kier alpha value is -2.85. The maximum Gasteiger partial charge on any atom is 0.435 e. The van der Waals surface area contributed by atoms with Gasteiger partial charge in [-0.1, -0.05) is 39.6 Å². The Kier molecular flexibility index (Phi) is 6.66. The number of hydrogen-bond donors (Lipinski definition) is 1. The molecule has 1 aliphatic rings. The largest absolute Gasteiger partial charge is 0.435 e. The maximum atomic E-state index is 14.1. The Morgan fingerprint density at radius 3 is 2.50 bits per heavy atom. The van der Waals surface area contributed by atoms with Crippen LogP contribution in [0.5, 0.6) is 0 Å². The van der Waals surface area contributed by atoms with Crippen molar-refractivity contribution in [1.29, 1.82) is 0 Å². The van der Waals surface area contributed by atoms with Crippen LogP contribution < -0.4 is 5.32 Å². The summed E-state index contributed by atoms with van der Waals surface area (Å²) in [4.78, 5) is 21.5. The van der Waals surface area contributed by atoms with Crippen molar-refractivity contribution in [3.8, 4) is 0 Å². The van der Waals surface area contributed by atoms with E-state index in [-0.39, 0.29) is 11.3 Å². The summed E-state index contributed by atoms with van der Waals surface area (Å²) >= 11 is 11.4. The number of carbonyl (C=O) groups is 1. The molecule has 0 bridgehead atoms. The third kappa shape index (κ3) is 4.37. The fraction of sp³-hybridized carbons (Fsp3) is 0.250. The highest BCUT2D eigenvalue weighted by molar-refractivity contribution is 6.35. The molecular formula is C20H15Cl2F4N3O3. The lowest BCUT2D eigenvalue weighted by Gasteiger charge is -2.29. The molecule has 170 valence electrons. The van der Waals surface area contributed by atoms with Crippen molar-refractivity contribution in [3.05, 3.63) is 68.4 Å². The van der Waals surface area contributed by atoms with E-state index in [0.717, 1.165) is 18.5 Å². The minimum Gasteiger partial charge on any atom is -0.398 e. The molecule has 1 aliphatic heterocycles. The van der Waals surface area contributed by atoms with E-state index in [9.17, 15) is 22.4 Å². The molecule has 0 aromatic heterocycles. The van der Waals surface area contributed by atoms with Gasteiger partial charge in [-0.3, -0.25) is 4.79 Å². The van der Waals surface area contributed by atoms with E-state index in [1.807, 2.05) is 0 Å². The number of aryl methyl sites for hydroxylation is 1. The fourth-order valence-electron chi connectivity index (χ4n) is 3.16. The average Bonchev–Trinajstić information content (AvgIpc) is 3.18. The van der Waals surface area contributed by atoms with Gasteiger partial charge in [-0.15, -0.1) is 0 Å². The number of rotatable bonds is 5. The van der Waals surface area contributed by atoms with Gasteiger partial charge in [0.15, 0.2) is 5.82 Å². The molecule has 0 spiro atoms. The molecule has 3 rings (SSSR count). The highest BCUT2D eigenvalue weighted by atomic mass is 35.5. The van der Waals surface area contributed by atoms with Gasteiger partial charge >= 0.3 is 6.18 Å². The summed E-state index contributed by atoms with van der Waals surface area (Å²) in [5.74, 6) is -1.52. The van der Waals surface area contributed by atoms with Crippen molar-refractivity contribution >= 4 is 41.2 Å². The summed E-state index contributed by atoms with van der Waals surface area (Å²) in [7, 11) is 1.31. The lowest BCUT2D eigenvalue weighted by Crippen LogP contribution is -2.42. The third-order valence-electron chi connectivity index (χ3n) is 4.79. The van der Waals surface area contributed by atoms with E-state index in [1.165, 1.54) is 25.3 Å². The van der Waals surface area contributed by atoms with E-state index in [2.05, 4.69) is 20.5 Å². The number of oxime groups is 2. The number of benzene rings is 2. The molecule has 1 atom stereocenters. The molecule has 0 unspecified atom stereocenters. The number of nitrogens with one attached hydrogen (secondary N) is 1. The van der Waals surface area contributed by atoms with Crippen LogP contribution in [0.3, 0.4) is 0 Å². The third-order valence-corrected chi connectivity index (χ3v) is 5.34. The monoisotopic (exact) mass is 491 g/mol. The van der Waals surface area contributed by atoms with Crippen LogP contribution in [0.2, 0.25) is 10.0 Å². The number of carbonyl (C=O) groups excluding carboxylic acids is 1. The molecule has 6 nitrogen and oxygen atoms in total. The van der Waals surface area contributed by atoms with Crippen LogP contribution in [-0.4, -0.2) is 31.2 Å². The Bertz CT molecular complexity index is 1100. The van der Waals surface area contributed by atoms with Crippen LogP contribution in [0.4, 0.5) is 17.6 Å². The summed E-state index contributed by atoms with van der Waals surface area (Å²) < 4.78 is 56.0. The van der Waals surface area contributed by atoms with Gasteiger partial charge in [-0.25, -0.2) is 4.39 Å². The van der Waals surface area contributed by atoms with E-state index < -0.39 is 45.5 Å². The molecule has 2 aromatic rings. The van der Waals surface area contributed by atoms with Gasteiger partial charge in [0.2, 0.25) is 0 Å². The number of hydrogen-bond acceptors (Lipinski definition) is 5. The molecule has 1 N–H and O–H groups in total. The number of alkyl halides is 3. The van der Waals surface area contributed by atoms with Crippen molar-refractivity contribution in [2.45, 2.75) is 25.1 Å². The molecule has 0 saturated carbocycles. The van der Waals surface area contributed by atoms with Crippen molar-refractivity contribution in [1.82, 2.24) is 5.32 Å². The standard InChI is InChI=1S/C20H15Cl2F4N3O3/c1-10-5-11(3-4-13(10)18(30)27-9-28-31-2)16-8-19(32-29-16,20(24,25)26)12-6-14(21)17(23)15(22)7-12/h3-7,9H,8H2,1-2H3,(H,27,28,30)/t19-/m0/s1. The predicted octanol–water partition coefficient (Wildman–Crippen LogP) is 5.34. The topological polar surface area (TPSA) is 72.3 Å². The zero-order valence-electron chi connectivity index (χ0n) is 16.6. The Labute approximate surface area is 189 Å². The first-order valence-electron chi connectivity index (χ1n) is 8.94. The predicted molar refractivity (Wildman–Crippen MR) is 111 cm³/mol. The van der Waals surface area contributed by atoms with Crippen LogP contribution >= 0.6 is 23.2 Å². The Morgan fingerprint density at radius 2 is 1.94 bits per heavy atom. The van der Waals surface area contributed by atoms with Crippen LogP contribution in [0.15, 0.2) is 40.6 Å². The normalized spacial score (nSPS) is 18.4. The smallest absolute Gasteiger partial charge is 0.398 e. The molecule has 0 aliphatic carbocycles. The van der Waals surface area contributed by atoms with Gasteiger partial charge in [-0.2, -0.15) is 13.2 Å². The van der Waals surface area contributed by atoms with Gasteiger partial charge in [0.25, 0.3) is 11.5 Å². The Morgan fingerprint density at radius 1 is 1.28 bits per heavy atom. The average molecular weight is 492 g/mol. The van der Waals surface area contributed by atoms with E-state index in [0.29, 0.717) is 11.1 Å². The van der Waals surface area contributed by atoms with E-state index in [1.54, 1.807) is 6.92 Å². The second-order valence-corrected chi connectivity index (χ2v) is 7.62. The lowest BCUT2D eigenvalue weighted by atomic mass is 9.86. The zero-order chi connectivity index (χ0) is 23.7. The summed E-state index contributed by atoms with van der Waals surface area (Å²) in [5, 5.41) is 8.27. The molecule has 0 fully saturated rings. The fourth-order valence-corrected chi connectivity index (χ4v) is 3.65. The summed E-state index contributed by atoms with van der Waals surface area (Å²) in [6.45, 7) is 1.61. The molecule has 1 amide bonds. The minimum absolute atomic E-state index is 0.0186. The van der Waals surface area contributed by atoms with Gasteiger partial charge in [0.1, 0.15) is 13.4 Å². The van der Waals surface area contributed by atoms with Gasteiger partial charge in [0.05, 0.1) is 15.8 Å². The second kappa shape index (κ2) is 8.95. The molecule has 2 aromatic carbocycles. The van der Waals surface area contributed by atoms with E-state index >= 15 is 0 Å². The van der Waals surface area contributed by atoms with Gasteiger partial charge in [-0.05, 0) is 42.3 Å². The number of amides is 1. The summed E-state index contributed by atoms with van der Waals surface area (Å²) in [6.07, 6.45) is -4.57. The zero-order valence-corrected chi connectivity index (χ0v) is 18.1. The Balaban J connectivity index is 1.93. The van der Waals surface area contributed by atoms with Crippen molar-refractivity contribution in [2.24, 2.45) is 10.3 Å². The first kappa shape index (κ1) is 23.8. The molecular weight excluding hydrogens is 477 g/mol. The highest BCUT2D eigenvalue weighted by Gasteiger charge is 2.62. The minimum atomic E-state index is -4.92. The van der Waals surface area contributed by atoms with Gasteiger partial charge < -0.3 is 15.0 Å².